The first kappa shape index (κ1) is 33.8. The Balaban J connectivity index is 1.09. The number of aliphatic imine (C=N–C) groups is 1. The van der Waals surface area contributed by atoms with Gasteiger partial charge in [0.2, 0.25) is 0 Å². The maximum absolute atomic E-state index is 4.92. The van der Waals surface area contributed by atoms with Gasteiger partial charge < -0.3 is 9.13 Å². The summed E-state index contributed by atoms with van der Waals surface area (Å²) in [5, 5.41) is 2.17. The van der Waals surface area contributed by atoms with E-state index < -0.39 is 0 Å². The molecule has 0 saturated heterocycles. The van der Waals surface area contributed by atoms with Crippen LogP contribution in [0, 0.1) is 6.92 Å². The fraction of sp³-hybridized carbons (Fsp3) is 0.0196. The molecule has 0 fully saturated rings. The largest absolute Gasteiger partial charge is 0.312 e. The Morgan fingerprint density at radius 2 is 1.02 bits per heavy atom. The van der Waals surface area contributed by atoms with Gasteiger partial charge in [-0.05, 0) is 119 Å². The minimum absolute atomic E-state index is 0.918. The van der Waals surface area contributed by atoms with E-state index in [1.807, 2.05) is 36.8 Å². The predicted octanol–water partition coefficient (Wildman–Crippen LogP) is 12.8. The van der Waals surface area contributed by atoms with Gasteiger partial charge in [0.1, 0.15) is 0 Å². The Morgan fingerprint density at radius 3 is 1.63 bits per heavy atom. The molecule has 0 radical (unpaired) electrons. The van der Waals surface area contributed by atoms with Crippen LogP contribution in [0.2, 0.25) is 0 Å². The molecule has 6 nitrogen and oxygen atoms in total. The third-order valence-corrected chi connectivity index (χ3v) is 10.7. The van der Waals surface area contributed by atoms with Crippen molar-refractivity contribution < 1.29 is 0 Å². The van der Waals surface area contributed by atoms with Gasteiger partial charge in [0, 0.05) is 76.2 Å². The van der Waals surface area contributed by atoms with Crippen molar-refractivity contribution in [1.82, 2.24) is 24.1 Å². The SMILES string of the molecule is C=CC=Nc1c(C)n(-c2cccc(-n3c4ccc(-c5cccc(-c6cccnc6)c5)cc4c4ncccc43)c2)c2ccc(-c3cccc(-c4cccnc4)c3)cc12. The summed E-state index contributed by atoms with van der Waals surface area (Å²) in [6, 6.07) is 51.6. The smallest absolute Gasteiger partial charge is 0.0963 e. The Bertz CT molecular complexity index is 3150. The monoisotopic (exact) mass is 732 g/mol. The highest BCUT2D eigenvalue weighted by Crippen LogP contribution is 2.40. The van der Waals surface area contributed by atoms with Crippen LogP contribution in [0.3, 0.4) is 0 Å². The lowest BCUT2D eigenvalue weighted by atomic mass is 9.99. The van der Waals surface area contributed by atoms with E-state index in [4.69, 9.17) is 9.98 Å². The molecule has 5 aromatic heterocycles. The summed E-state index contributed by atoms with van der Waals surface area (Å²) < 4.78 is 4.63. The minimum atomic E-state index is 0.918. The Labute approximate surface area is 330 Å². The molecule has 0 atom stereocenters. The van der Waals surface area contributed by atoms with Crippen LogP contribution >= 0.6 is 0 Å². The zero-order valence-corrected chi connectivity index (χ0v) is 31.3. The molecule has 5 heterocycles. The van der Waals surface area contributed by atoms with Gasteiger partial charge in [-0.3, -0.25) is 19.9 Å². The number of rotatable bonds is 8. The average Bonchev–Trinajstić information content (AvgIpc) is 3.76. The lowest BCUT2D eigenvalue weighted by Crippen LogP contribution is -2.00. The van der Waals surface area contributed by atoms with Gasteiger partial charge in [0.15, 0.2) is 0 Å². The summed E-state index contributed by atoms with van der Waals surface area (Å²) in [5.41, 5.74) is 17.2. The zero-order chi connectivity index (χ0) is 38.3. The highest BCUT2D eigenvalue weighted by Gasteiger charge is 2.19. The number of aromatic nitrogens is 5. The fourth-order valence-electron chi connectivity index (χ4n) is 8.09. The standard InChI is InChI=1S/C51H36N6/c1-3-23-54-50-34(2)56(47-21-19-39(29-45(47)50)35-10-4-12-37(27-35)41-14-7-24-52-32-41)43-16-6-17-44(31-43)57-48-22-20-40(30-46(48)51-49(57)18-9-26-55-51)36-11-5-13-38(28-36)42-15-8-25-53-33-42/h3-33H,1H2,2H3. The summed E-state index contributed by atoms with van der Waals surface area (Å²) in [6.07, 6.45) is 12.8. The van der Waals surface area contributed by atoms with Crippen LogP contribution in [0.15, 0.2) is 194 Å². The molecule has 10 aromatic rings. The van der Waals surface area contributed by atoms with E-state index in [0.717, 1.165) is 100 Å². The molecule has 0 aliphatic rings. The van der Waals surface area contributed by atoms with Gasteiger partial charge in [-0.25, -0.2) is 0 Å². The minimum Gasteiger partial charge on any atom is -0.312 e. The molecule has 0 saturated carbocycles. The van der Waals surface area contributed by atoms with Gasteiger partial charge in [-0.15, -0.1) is 0 Å². The topological polar surface area (TPSA) is 60.9 Å². The van der Waals surface area contributed by atoms with Crippen LogP contribution < -0.4 is 0 Å². The molecule has 5 aromatic carbocycles. The van der Waals surface area contributed by atoms with Crippen molar-refractivity contribution in [2.45, 2.75) is 6.92 Å². The Morgan fingerprint density at radius 1 is 0.491 bits per heavy atom. The molecule has 10 rings (SSSR count). The molecular formula is C51H36N6. The maximum atomic E-state index is 4.92. The van der Waals surface area contributed by atoms with Crippen LogP contribution in [0.25, 0.3) is 88.7 Å². The third kappa shape index (κ3) is 6.01. The predicted molar refractivity (Wildman–Crippen MR) is 236 cm³/mol. The summed E-state index contributed by atoms with van der Waals surface area (Å²) in [4.78, 5) is 18.5. The van der Waals surface area contributed by atoms with Crippen molar-refractivity contribution in [3.63, 3.8) is 0 Å². The van der Waals surface area contributed by atoms with Crippen molar-refractivity contribution in [2.75, 3.05) is 0 Å². The number of fused-ring (bicyclic) bond motifs is 4. The van der Waals surface area contributed by atoms with Crippen LogP contribution in [0.5, 0.6) is 0 Å². The fourth-order valence-corrected chi connectivity index (χ4v) is 8.09. The number of allylic oxidation sites excluding steroid dienone is 1. The number of hydrogen-bond acceptors (Lipinski definition) is 4. The first-order valence-electron chi connectivity index (χ1n) is 19.0. The molecule has 0 aliphatic heterocycles. The lowest BCUT2D eigenvalue weighted by Gasteiger charge is -2.13. The summed E-state index contributed by atoms with van der Waals surface area (Å²) in [5.74, 6) is 0. The molecule has 0 bridgehead atoms. The number of pyridine rings is 3. The average molecular weight is 733 g/mol. The third-order valence-electron chi connectivity index (χ3n) is 10.7. The van der Waals surface area contributed by atoms with E-state index in [-0.39, 0.29) is 0 Å². The summed E-state index contributed by atoms with van der Waals surface area (Å²) >= 11 is 0. The van der Waals surface area contributed by atoms with Crippen LogP contribution in [-0.4, -0.2) is 30.3 Å². The molecule has 0 unspecified atom stereocenters. The summed E-state index contributed by atoms with van der Waals surface area (Å²) in [6.45, 7) is 6.05. The molecule has 0 aliphatic carbocycles. The number of nitrogens with zero attached hydrogens (tertiary/aromatic N) is 6. The molecule has 270 valence electrons. The van der Waals surface area contributed by atoms with E-state index in [0.29, 0.717) is 0 Å². The second-order valence-corrected chi connectivity index (χ2v) is 14.1. The molecular weight excluding hydrogens is 697 g/mol. The van der Waals surface area contributed by atoms with Crippen LogP contribution in [-0.2, 0) is 0 Å². The lowest BCUT2D eigenvalue weighted by molar-refractivity contribution is 1.04. The van der Waals surface area contributed by atoms with Gasteiger partial charge in [0.05, 0.1) is 27.8 Å². The maximum Gasteiger partial charge on any atom is 0.0963 e. The highest BCUT2D eigenvalue weighted by molar-refractivity contribution is 6.08. The second kappa shape index (κ2) is 14.2. The van der Waals surface area contributed by atoms with Gasteiger partial charge in [-0.2, -0.15) is 0 Å². The molecule has 0 spiro atoms. The van der Waals surface area contributed by atoms with E-state index >= 15 is 0 Å². The van der Waals surface area contributed by atoms with Gasteiger partial charge >= 0.3 is 0 Å². The van der Waals surface area contributed by atoms with Gasteiger partial charge in [0.25, 0.3) is 0 Å². The molecule has 0 amide bonds. The highest BCUT2D eigenvalue weighted by atomic mass is 15.0. The molecule has 6 heteroatoms. The van der Waals surface area contributed by atoms with Crippen LogP contribution in [0.4, 0.5) is 5.69 Å². The van der Waals surface area contributed by atoms with Crippen molar-refractivity contribution in [3.05, 3.63) is 195 Å². The zero-order valence-electron chi connectivity index (χ0n) is 31.3. The van der Waals surface area contributed by atoms with Crippen molar-refractivity contribution >= 4 is 44.7 Å². The Hall–Kier alpha value is -7.70. The number of benzene rings is 5. The molecule has 0 N–H and O–H groups in total. The Kier molecular flexibility index (Phi) is 8.42. The van der Waals surface area contributed by atoms with Crippen molar-refractivity contribution in [2.24, 2.45) is 4.99 Å². The van der Waals surface area contributed by atoms with Crippen LogP contribution in [0.1, 0.15) is 5.69 Å². The van der Waals surface area contributed by atoms with Gasteiger partial charge in [-0.1, -0.05) is 79.4 Å². The van der Waals surface area contributed by atoms with E-state index in [1.165, 1.54) is 0 Å². The van der Waals surface area contributed by atoms with E-state index in [9.17, 15) is 0 Å². The van der Waals surface area contributed by atoms with E-state index in [1.54, 1.807) is 24.7 Å². The first-order valence-corrected chi connectivity index (χ1v) is 19.0. The summed E-state index contributed by atoms with van der Waals surface area (Å²) in [7, 11) is 0. The molecule has 57 heavy (non-hydrogen) atoms. The normalized spacial score (nSPS) is 11.6. The van der Waals surface area contributed by atoms with E-state index in [2.05, 4.69) is 160 Å². The number of hydrogen-bond donors (Lipinski definition) is 0. The quantitative estimate of drug-likeness (QED) is 0.146. The first-order chi connectivity index (χ1) is 28.1. The second-order valence-electron chi connectivity index (χ2n) is 14.1. The van der Waals surface area contributed by atoms with Crippen molar-refractivity contribution in [1.29, 1.82) is 0 Å². The van der Waals surface area contributed by atoms with Crippen molar-refractivity contribution in [3.8, 4) is 55.9 Å².